The first kappa shape index (κ1) is 12.7. The lowest BCUT2D eigenvalue weighted by atomic mass is 9.95. The first-order chi connectivity index (χ1) is 7.15. The van der Waals surface area contributed by atoms with Crippen LogP contribution in [0.3, 0.4) is 0 Å². The van der Waals surface area contributed by atoms with Crippen LogP contribution in [-0.2, 0) is 11.2 Å². The predicted octanol–water partition coefficient (Wildman–Crippen LogP) is 2.68. The largest absolute Gasteiger partial charge is 0.377 e. The van der Waals surface area contributed by atoms with Crippen LogP contribution in [0.1, 0.15) is 26.3 Å². The molecule has 2 N–H and O–H groups in total. The summed E-state index contributed by atoms with van der Waals surface area (Å²) in [5.74, 6) is 0.471. The summed E-state index contributed by atoms with van der Waals surface area (Å²) >= 11 is 1.72. The van der Waals surface area contributed by atoms with E-state index in [2.05, 4.69) is 30.7 Å². The van der Waals surface area contributed by atoms with Crippen molar-refractivity contribution < 1.29 is 4.74 Å². The zero-order valence-corrected chi connectivity index (χ0v) is 10.6. The van der Waals surface area contributed by atoms with E-state index < -0.39 is 0 Å². The molecule has 86 valence electrons. The van der Waals surface area contributed by atoms with Gasteiger partial charge in [0.25, 0.3) is 0 Å². The van der Waals surface area contributed by atoms with E-state index in [0.717, 1.165) is 13.0 Å². The van der Waals surface area contributed by atoms with Crippen LogP contribution in [0.2, 0.25) is 0 Å². The van der Waals surface area contributed by atoms with Gasteiger partial charge >= 0.3 is 0 Å². The summed E-state index contributed by atoms with van der Waals surface area (Å²) in [6.07, 6.45) is 1.07. The van der Waals surface area contributed by atoms with Gasteiger partial charge in [-0.1, -0.05) is 13.8 Å². The van der Waals surface area contributed by atoms with Gasteiger partial charge in [-0.2, -0.15) is 11.3 Å². The molecule has 2 nitrogen and oxygen atoms in total. The van der Waals surface area contributed by atoms with Gasteiger partial charge in [-0.05, 0) is 41.7 Å². The fourth-order valence-electron chi connectivity index (χ4n) is 1.80. The SMILES string of the molecule is CCOC(C(C)C)C(N)Cc1ccsc1. The van der Waals surface area contributed by atoms with E-state index in [1.54, 1.807) is 11.3 Å². The van der Waals surface area contributed by atoms with Crippen LogP contribution in [0.4, 0.5) is 0 Å². The monoisotopic (exact) mass is 227 g/mol. The molecule has 0 saturated carbocycles. The molecule has 3 heteroatoms. The van der Waals surface area contributed by atoms with Crippen LogP contribution < -0.4 is 5.73 Å². The second kappa shape index (κ2) is 6.26. The molecule has 2 atom stereocenters. The molecule has 0 aliphatic carbocycles. The summed E-state index contributed by atoms with van der Waals surface area (Å²) in [5, 5.41) is 4.25. The van der Waals surface area contributed by atoms with Crippen molar-refractivity contribution in [3.05, 3.63) is 22.4 Å². The molecular weight excluding hydrogens is 206 g/mol. The van der Waals surface area contributed by atoms with E-state index in [4.69, 9.17) is 10.5 Å². The first-order valence-corrected chi connectivity index (χ1v) is 6.47. The molecule has 15 heavy (non-hydrogen) atoms. The average Bonchev–Trinajstić information content (AvgIpc) is 2.65. The third kappa shape index (κ3) is 3.93. The van der Waals surface area contributed by atoms with Gasteiger partial charge in [0.1, 0.15) is 0 Å². The van der Waals surface area contributed by atoms with Crippen molar-refractivity contribution in [2.75, 3.05) is 6.61 Å². The molecule has 0 aromatic carbocycles. The summed E-state index contributed by atoms with van der Waals surface area (Å²) < 4.78 is 5.69. The number of hydrogen-bond donors (Lipinski definition) is 1. The van der Waals surface area contributed by atoms with E-state index in [9.17, 15) is 0 Å². The first-order valence-electron chi connectivity index (χ1n) is 5.53. The molecule has 2 unspecified atom stereocenters. The molecule has 0 spiro atoms. The van der Waals surface area contributed by atoms with E-state index >= 15 is 0 Å². The third-order valence-electron chi connectivity index (χ3n) is 2.49. The number of nitrogens with two attached hydrogens (primary N) is 1. The lowest BCUT2D eigenvalue weighted by molar-refractivity contribution is 0.0128. The van der Waals surface area contributed by atoms with Crippen molar-refractivity contribution in [2.24, 2.45) is 11.7 Å². The van der Waals surface area contributed by atoms with Crippen LogP contribution in [0.5, 0.6) is 0 Å². The molecule has 0 fully saturated rings. The van der Waals surface area contributed by atoms with Gasteiger partial charge in [0.15, 0.2) is 0 Å². The molecule has 0 amide bonds. The van der Waals surface area contributed by atoms with E-state index in [-0.39, 0.29) is 12.1 Å². The van der Waals surface area contributed by atoms with Crippen LogP contribution in [-0.4, -0.2) is 18.8 Å². The van der Waals surface area contributed by atoms with Crippen molar-refractivity contribution in [3.8, 4) is 0 Å². The Kier molecular flexibility index (Phi) is 5.29. The summed E-state index contributed by atoms with van der Waals surface area (Å²) in [4.78, 5) is 0. The molecule has 0 saturated heterocycles. The van der Waals surface area contributed by atoms with E-state index in [0.29, 0.717) is 5.92 Å². The maximum absolute atomic E-state index is 6.18. The van der Waals surface area contributed by atoms with Crippen LogP contribution in [0, 0.1) is 5.92 Å². The fourth-order valence-corrected chi connectivity index (χ4v) is 2.48. The molecule has 0 radical (unpaired) electrons. The van der Waals surface area contributed by atoms with Gasteiger partial charge < -0.3 is 10.5 Å². The number of rotatable bonds is 6. The average molecular weight is 227 g/mol. The number of thiophene rings is 1. The normalized spacial score (nSPS) is 15.5. The highest BCUT2D eigenvalue weighted by atomic mass is 32.1. The lowest BCUT2D eigenvalue weighted by Gasteiger charge is -2.26. The van der Waals surface area contributed by atoms with Crippen molar-refractivity contribution in [2.45, 2.75) is 39.3 Å². The second-order valence-corrected chi connectivity index (χ2v) is 4.94. The molecule has 1 heterocycles. The fraction of sp³-hybridized carbons (Fsp3) is 0.667. The Hall–Kier alpha value is -0.380. The minimum Gasteiger partial charge on any atom is -0.377 e. The van der Waals surface area contributed by atoms with Crippen LogP contribution >= 0.6 is 11.3 Å². The van der Waals surface area contributed by atoms with Gasteiger partial charge in [0, 0.05) is 12.6 Å². The quantitative estimate of drug-likeness (QED) is 0.811. The van der Waals surface area contributed by atoms with Gasteiger partial charge in [-0.15, -0.1) is 0 Å². The minimum atomic E-state index is 0.0968. The smallest absolute Gasteiger partial charge is 0.0751 e. The van der Waals surface area contributed by atoms with Crippen molar-refractivity contribution in [3.63, 3.8) is 0 Å². The molecule has 0 bridgehead atoms. The summed E-state index contributed by atoms with van der Waals surface area (Å²) in [6, 6.07) is 2.23. The van der Waals surface area contributed by atoms with Gasteiger partial charge in [0.05, 0.1) is 6.10 Å². The summed E-state index contributed by atoms with van der Waals surface area (Å²) in [5.41, 5.74) is 7.49. The highest BCUT2D eigenvalue weighted by molar-refractivity contribution is 7.07. The minimum absolute atomic E-state index is 0.0968. The Morgan fingerprint density at radius 2 is 2.20 bits per heavy atom. The maximum atomic E-state index is 6.18. The highest BCUT2D eigenvalue weighted by Crippen LogP contribution is 2.15. The highest BCUT2D eigenvalue weighted by Gasteiger charge is 2.21. The molecule has 0 aliphatic heterocycles. The number of ether oxygens (including phenoxy) is 1. The van der Waals surface area contributed by atoms with Crippen LogP contribution in [0.25, 0.3) is 0 Å². The molecule has 0 aliphatic rings. The third-order valence-corrected chi connectivity index (χ3v) is 3.22. The summed E-state index contributed by atoms with van der Waals surface area (Å²) in [7, 11) is 0. The maximum Gasteiger partial charge on any atom is 0.0751 e. The van der Waals surface area contributed by atoms with Crippen molar-refractivity contribution >= 4 is 11.3 Å². The zero-order valence-electron chi connectivity index (χ0n) is 9.77. The Morgan fingerprint density at radius 1 is 1.47 bits per heavy atom. The molecule has 1 aromatic heterocycles. The Bertz CT molecular complexity index is 259. The Balaban J connectivity index is 2.52. The van der Waals surface area contributed by atoms with Crippen molar-refractivity contribution in [1.82, 2.24) is 0 Å². The van der Waals surface area contributed by atoms with E-state index in [1.165, 1.54) is 5.56 Å². The van der Waals surface area contributed by atoms with Crippen LogP contribution in [0.15, 0.2) is 16.8 Å². The lowest BCUT2D eigenvalue weighted by Crippen LogP contribution is -2.41. The Morgan fingerprint density at radius 3 is 2.67 bits per heavy atom. The molecule has 1 aromatic rings. The van der Waals surface area contributed by atoms with Gasteiger partial charge in [-0.25, -0.2) is 0 Å². The Labute approximate surface area is 96.4 Å². The topological polar surface area (TPSA) is 35.2 Å². The number of hydrogen-bond acceptors (Lipinski definition) is 3. The molecule has 1 rings (SSSR count). The van der Waals surface area contributed by atoms with E-state index in [1.807, 2.05) is 6.92 Å². The molecular formula is C12H21NOS. The van der Waals surface area contributed by atoms with Gasteiger partial charge in [0.2, 0.25) is 0 Å². The van der Waals surface area contributed by atoms with Gasteiger partial charge in [-0.3, -0.25) is 0 Å². The standard InChI is InChI=1S/C12H21NOS/c1-4-14-12(9(2)3)11(13)7-10-5-6-15-8-10/h5-6,8-9,11-12H,4,7,13H2,1-3H3. The van der Waals surface area contributed by atoms with Crippen molar-refractivity contribution in [1.29, 1.82) is 0 Å². The summed E-state index contributed by atoms with van der Waals surface area (Å²) in [6.45, 7) is 7.08. The zero-order chi connectivity index (χ0) is 11.3. The predicted molar refractivity (Wildman–Crippen MR) is 66.3 cm³/mol. The second-order valence-electron chi connectivity index (χ2n) is 4.16.